The molecule has 4 heterocycles. The molecule has 1 fully saturated rings. The smallest absolute Gasteiger partial charge is 0.251 e. The molecule has 6 nitrogen and oxygen atoms in total. The second kappa shape index (κ2) is 5.58. The number of rotatable bonds is 2. The van der Waals surface area contributed by atoms with Crippen molar-refractivity contribution in [3.63, 3.8) is 0 Å². The summed E-state index contributed by atoms with van der Waals surface area (Å²) >= 11 is 0. The summed E-state index contributed by atoms with van der Waals surface area (Å²) in [5.74, 6) is -0.399. The standard InChI is InChI=1S/C16H19FN4O2/c17-12-7-19-13-1-2-14(22)21-11(9-23-16(12)15(13)21)8-20-5-3-10(18)4-6-20/h1-2,7,10-11H,3-6,8-9,18H2/t11-/m1/s1. The van der Waals surface area contributed by atoms with Gasteiger partial charge in [-0.15, -0.1) is 0 Å². The molecule has 2 aromatic heterocycles. The van der Waals surface area contributed by atoms with Gasteiger partial charge in [-0.1, -0.05) is 0 Å². The molecule has 1 saturated heterocycles. The average Bonchev–Trinajstić information content (AvgIpc) is 2.56. The quantitative estimate of drug-likeness (QED) is 0.890. The fourth-order valence-electron chi connectivity index (χ4n) is 3.49. The van der Waals surface area contributed by atoms with Crippen molar-refractivity contribution >= 4 is 11.0 Å². The molecule has 7 heteroatoms. The maximum Gasteiger partial charge on any atom is 0.251 e. The molecule has 0 aliphatic carbocycles. The van der Waals surface area contributed by atoms with Crippen LogP contribution in [0, 0.1) is 5.82 Å². The maximum atomic E-state index is 14.0. The minimum absolute atomic E-state index is 0.129. The van der Waals surface area contributed by atoms with E-state index < -0.39 is 5.82 Å². The average molecular weight is 318 g/mol. The Morgan fingerprint density at radius 2 is 2.13 bits per heavy atom. The first-order chi connectivity index (χ1) is 11.1. The van der Waals surface area contributed by atoms with Gasteiger partial charge in [-0.05, 0) is 32.0 Å². The van der Waals surface area contributed by atoms with Crippen LogP contribution in [0.1, 0.15) is 18.9 Å². The summed E-state index contributed by atoms with van der Waals surface area (Å²) in [5.41, 5.74) is 6.83. The van der Waals surface area contributed by atoms with E-state index in [9.17, 15) is 9.18 Å². The van der Waals surface area contributed by atoms with Crippen LogP contribution in [0.15, 0.2) is 23.1 Å². The first-order valence-corrected chi connectivity index (χ1v) is 7.94. The highest BCUT2D eigenvalue weighted by Gasteiger charge is 2.29. The molecule has 2 N–H and O–H groups in total. The molecule has 0 aromatic carbocycles. The molecule has 23 heavy (non-hydrogen) atoms. The lowest BCUT2D eigenvalue weighted by molar-refractivity contribution is 0.143. The van der Waals surface area contributed by atoms with E-state index in [1.54, 1.807) is 10.6 Å². The van der Waals surface area contributed by atoms with Crippen molar-refractivity contribution in [1.82, 2.24) is 14.5 Å². The Labute approximate surface area is 132 Å². The summed E-state index contributed by atoms with van der Waals surface area (Å²) in [4.78, 5) is 18.7. The zero-order chi connectivity index (χ0) is 16.0. The Morgan fingerprint density at radius 1 is 1.35 bits per heavy atom. The van der Waals surface area contributed by atoms with E-state index in [-0.39, 0.29) is 30.0 Å². The minimum Gasteiger partial charge on any atom is -0.486 e. The number of hydrogen-bond acceptors (Lipinski definition) is 5. The Kier molecular flexibility index (Phi) is 3.54. The van der Waals surface area contributed by atoms with Gasteiger partial charge in [0.05, 0.1) is 17.8 Å². The van der Waals surface area contributed by atoms with Gasteiger partial charge in [-0.3, -0.25) is 14.3 Å². The van der Waals surface area contributed by atoms with Gasteiger partial charge in [0.25, 0.3) is 5.56 Å². The molecule has 0 amide bonds. The van der Waals surface area contributed by atoms with Crippen LogP contribution < -0.4 is 16.0 Å². The van der Waals surface area contributed by atoms with Gasteiger partial charge < -0.3 is 15.4 Å². The predicted molar refractivity (Wildman–Crippen MR) is 84.1 cm³/mol. The van der Waals surface area contributed by atoms with Gasteiger partial charge in [0.15, 0.2) is 11.6 Å². The minimum atomic E-state index is -0.528. The fraction of sp³-hybridized carbons (Fsp3) is 0.500. The van der Waals surface area contributed by atoms with E-state index in [0.717, 1.165) is 32.1 Å². The van der Waals surface area contributed by atoms with E-state index >= 15 is 0 Å². The summed E-state index contributed by atoms with van der Waals surface area (Å²) in [7, 11) is 0. The van der Waals surface area contributed by atoms with E-state index in [2.05, 4.69) is 9.88 Å². The lowest BCUT2D eigenvalue weighted by atomic mass is 10.1. The predicted octanol–water partition coefficient (Wildman–Crippen LogP) is 0.892. The summed E-state index contributed by atoms with van der Waals surface area (Å²) in [6.07, 6.45) is 3.05. The van der Waals surface area contributed by atoms with Gasteiger partial charge in [-0.2, -0.15) is 0 Å². The third-order valence-electron chi connectivity index (χ3n) is 4.74. The van der Waals surface area contributed by atoms with Crippen molar-refractivity contribution in [2.45, 2.75) is 24.9 Å². The second-order valence-electron chi connectivity index (χ2n) is 6.31. The van der Waals surface area contributed by atoms with Gasteiger partial charge in [0, 0.05) is 18.7 Å². The monoisotopic (exact) mass is 318 g/mol. The van der Waals surface area contributed by atoms with Crippen LogP contribution in [0.5, 0.6) is 5.75 Å². The van der Waals surface area contributed by atoms with Gasteiger partial charge in [0.2, 0.25) is 0 Å². The lowest BCUT2D eigenvalue weighted by Gasteiger charge is -2.35. The summed E-state index contributed by atoms with van der Waals surface area (Å²) in [6.45, 7) is 2.81. The molecule has 0 spiro atoms. The van der Waals surface area contributed by atoms with Crippen molar-refractivity contribution in [2.24, 2.45) is 5.73 Å². The molecule has 4 rings (SSSR count). The van der Waals surface area contributed by atoms with E-state index in [1.807, 2.05) is 0 Å². The molecule has 2 aromatic rings. The zero-order valence-corrected chi connectivity index (χ0v) is 12.7. The number of hydrogen-bond donors (Lipinski definition) is 1. The van der Waals surface area contributed by atoms with Crippen LogP contribution in [0.25, 0.3) is 11.0 Å². The normalized spacial score (nSPS) is 22.3. The van der Waals surface area contributed by atoms with Crippen LogP contribution in [0.4, 0.5) is 4.39 Å². The molecule has 122 valence electrons. The molecular weight excluding hydrogens is 299 g/mol. The maximum absolute atomic E-state index is 14.0. The van der Waals surface area contributed by atoms with Gasteiger partial charge in [-0.25, -0.2) is 4.39 Å². The topological polar surface area (TPSA) is 73.4 Å². The molecule has 2 aliphatic rings. The fourth-order valence-corrected chi connectivity index (χ4v) is 3.49. The number of nitrogens with two attached hydrogens (primary N) is 1. The lowest BCUT2D eigenvalue weighted by Crippen LogP contribution is -2.45. The van der Waals surface area contributed by atoms with Crippen LogP contribution in [0.3, 0.4) is 0 Å². The number of pyridine rings is 2. The molecule has 1 atom stereocenters. The van der Waals surface area contributed by atoms with E-state index in [1.165, 1.54) is 6.07 Å². The van der Waals surface area contributed by atoms with E-state index in [4.69, 9.17) is 10.5 Å². The Hall–Kier alpha value is -1.99. The number of likely N-dealkylation sites (tertiary alicyclic amines) is 1. The first-order valence-electron chi connectivity index (χ1n) is 7.94. The number of halogens is 1. The molecule has 0 bridgehead atoms. The summed E-state index contributed by atoms with van der Waals surface area (Å²) < 4.78 is 21.2. The SMILES string of the molecule is NC1CCN(C[C@@H]2COc3c(F)cnc4ccc(=O)n2c34)CC1. The van der Waals surface area contributed by atoms with Crippen LogP contribution in [-0.2, 0) is 0 Å². The molecule has 0 saturated carbocycles. The Bertz CT molecular complexity index is 799. The summed E-state index contributed by atoms with van der Waals surface area (Å²) in [6, 6.07) is 3.22. The highest BCUT2D eigenvalue weighted by atomic mass is 19.1. The van der Waals surface area contributed by atoms with Gasteiger partial charge in [0.1, 0.15) is 12.1 Å². The van der Waals surface area contributed by atoms with Crippen LogP contribution in [0.2, 0.25) is 0 Å². The number of nitrogens with zero attached hydrogens (tertiary/aromatic N) is 3. The van der Waals surface area contributed by atoms with Crippen molar-refractivity contribution in [1.29, 1.82) is 0 Å². The molecule has 2 aliphatic heterocycles. The Morgan fingerprint density at radius 3 is 2.91 bits per heavy atom. The highest BCUT2D eigenvalue weighted by molar-refractivity contribution is 5.82. The largest absolute Gasteiger partial charge is 0.486 e. The zero-order valence-electron chi connectivity index (χ0n) is 12.7. The second-order valence-corrected chi connectivity index (χ2v) is 6.31. The van der Waals surface area contributed by atoms with Crippen molar-refractivity contribution in [2.75, 3.05) is 26.2 Å². The molecule has 0 radical (unpaired) electrons. The van der Waals surface area contributed by atoms with Crippen molar-refractivity contribution in [3.05, 3.63) is 34.5 Å². The third-order valence-corrected chi connectivity index (χ3v) is 4.74. The number of ether oxygens (including phenoxy) is 1. The highest BCUT2D eigenvalue weighted by Crippen LogP contribution is 2.32. The third kappa shape index (κ3) is 2.49. The van der Waals surface area contributed by atoms with Gasteiger partial charge >= 0.3 is 0 Å². The van der Waals surface area contributed by atoms with Crippen LogP contribution in [-0.4, -0.2) is 46.7 Å². The summed E-state index contributed by atoms with van der Waals surface area (Å²) in [5, 5.41) is 0. The van der Waals surface area contributed by atoms with Crippen molar-refractivity contribution in [3.8, 4) is 5.75 Å². The van der Waals surface area contributed by atoms with Crippen LogP contribution >= 0.6 is 0 Å². The number of piperidine rings is 1. The van der Waals surface area contributed by atoms with E-state index in [0.29, 0.717) is 17.6 Å². The number of aromatic nitrogens is 2. The Balaban J connectivity index is 1.73. The molecule has 0 unspecified atom stereocenters. The van der Waals surface area contributed by atoms with Crippen molar-refractivity contribution < 1.29 is 9.13 Å². The molecular formula is C16H19FN4O2. The first kappa shape index (κ1) is 14.6.